The van der Waals surface area contributed by atoms with Crippen LogP contribution in [-0.2, 0) is 0 Å². The lowest BCUT2D eigenvalue weighted by atomic mass is 10.1. The van der Waals surface area contributed by atoms with E-state index in [0.29, 0.717) is 11.5 Å². The summed E-state index contributed by atoms with van der Waals surface area (Å²) in [6.45, 7) is 3.13. The highest BCUT2D eigenvalue weighted by Crippen LogP contribution is 2.21. The van der Waals surface area contributed by atoms with Crippen molar-refractivity contribution >= 4 is 17.6 Å². The monoisotopic (exact) mass is 278 g/mol. The van der Waals surface area contributed by atoms with E-state index < -0.39 is 23.3 Å². The number of nitrogens with one attached hydrogen (secondary N) is 1. The highest BCUT2D eigenvalue weighted by Gasteiger charge is 2.21. The average Bonchev–Trinajstić information content (AvgIpc) is 2.68. The van der Waals surface area contributed by atoms with Gasteiger partial charge >= 0.3 is 5.97 Å². The number of benzene rings is 1. The molecule has 0 unspecified atom stereocenters. The first-order chi connectivity index (χ1) is 9.41. The van der Waals surface area contributed by atoms with Gasteiger partial charge in [-0.05, 0) is 26.0 Å². The molecule has 0 spiro atoms. The Kier molecular flexibility index (Phi) is 3.51. The molecule has 0 aliphatic carbocycles. The van der Waals surface area contributed by atoms with E-state index in [9.17, 15) is 14.0 Å². The van der Waals surface area contributed by atoms with Crippen LogP contribution in [0.2, 0.25) is 0 Å². The SMILES string of the molecule is Cc1noc(C)c1C(=O)Nc1cccc(F)c1C(=O)O. The highest BCUT2D eigenvalue weighted by molar-refractivity contribution is 6.08. The molecule has 0 bridgehead atoms. The minimum absolute atomic E-state index is 0.123. The van der Waals surface area contributed by atoms with Crippen molar-refractivity contribution in [3.8, 4) is 0 Å². The second-order valence-corrected chi connectivity index (χ2v) is 4.12. The number of aromatic nitrogens is 1. The summed E-state index contributed by atoms with van der Waals surface area (Å²) in [7, 11) is 0. The quantitative estimate of drug-likeness (QED) is 0.899. The van der Waals surface area contributed by atoms with Crippen LogP contribution in [-0.4, -0.2) is 22.1 Å². The average molecular weight is 278 g/mol. The molecule has 1 amide bonds. The lowest BCUT2D eigenvalue weighted by Gasteiger charge is -2.08. The van der Waals surface area contributed by atoms with Crippen LogP contribution in [0.3, 0.4) is 0 Å². The van der Waals surface area contributed by atoms with Gasteiger partial charge < -0.3 is 14.9 Å². The number of carboxylic acids is 1. The minimum atomic E-state index is -1.46. The molecule has 1 aromatic carbocycles. The van der Waals surface area contributed by atoms with Crippen molar-refractivity contribution in [2.75, 3.05) is 5.32 Å². The van der Waals surface area contributed by atoms with Crippen LogP contribution in [0.25, 0.3) is 0 Å². The Bertz CT molecular complexity index is 674. The number of amides is 1. The molecule has 0 radical (unpaired) electrons. The number of halogens is 1. The molecule has 20 heavy (non-hydrogen) atoms. The predicted molar refractivity (Wildman–Crippen MR) is 67.3 cm³/mol. The van der Waals surface area contributed by atoms with Gasteiger partial charge in [-0.2, -0.15) is 0 Å². The van der Waals surface area contributed by atoms with E-state index >= 15 is 0 Å². The topological polar surface area (TPSA) is 92.4 Å². The van der Waals surface area contributed by atoms with E-state index in [0.717, 1.165) is 6.07 Å². The Morgan fingerprint density at radius 1 is 1.30 bits per heavy atom. The van der Waals surface area contributed by atoms with Crippen molar-refractivity contribution in [2.45, 2.75) is 13.8 Å². The number of rotatable bonds is 3. The summed E-state index contributed by atoms with van der Waals surface area (Å²) in [4.78, 5) is 23.1. The van der Waals surface area contributed by atoms with Gasteiger partial charge in [0.15, 0.2) is 0 Å². The van der Waals surface area contributed by atoms with E-state index in [2.05, 4.69) is 10.5 Å². The Morgan fingerprint density at radius 3 is 2.55 bits per heavy atom. The van der Waals surface area contributed by atoms with Crippen LogP contribution in [0.15, 0.2) is 22.7 Å². The molecule has 2 rings (SSSR count). The molecular weight excluding hydrogens is 267 g/mol. The van der Waals surface area contributed by atoms with Crippen molar-refractivity contribution in [2.24, 2.45) is 0 Å². The first-order valence-electron chi connectivity index (χ1n) is 5.68. The maximum absolute atomic E-state index is 13.5. The van der Waals surface area contributed by atoms with Crippen molar-refractivity contribution in [1.82, 2.24) is 5.16 Å². The predicted octanol–water partition coefficient (Wildman–Crippen LogP) is 2.38. The maximum Gasteiger partial charge on any atom is 0.340 e. The fourth-order valence-corrected chi connectivity index (χ4v) is 1.84. The lowest BCUT2D eigenvalue weighted by molar-refractivity contribution is 0.0693. The van der Waals surface area contributed by atoms with Gasteiger partial charge in [-0.3, -0.25) is 4.79 Å². The molecule has 104 valence electrons. The molecule has 0 saturated carbocycles. The standard InChI is InChI=1S/C13H11FN2O4/c1-6-10(7(2)20-16-6)12(17)15-9-5-3-4-8(14)11(9)13(18)19/h3-5H,1-2H3,(H,15,17)(H,18,19). The summed E-state index contributed by atoms with van der Waals surface area (Å²) in [5.74, 6) is -2.69. The Morgan fingerprint density at radius 2 is 2.00 bits per heavy atom. The number of hydrogen-bond acceptors (Lipinski definition) is 4. The van der Waals surface area contributed by atoms with Crippen molar-refractivity contribution in [1.29, 1.82) is 0 Å². The number of carbonyl (C=O) groups is 2. The van der Waals surface area contributed by atoms with Crippen LogP contribution in [0.5, 0.6) is 0 Å². The summed E-state index contributed by atoms with van der Waals surface area (Å²) in [5.41, 5.74) is -0.144. The molecule has 7 heteroatoms. The third-order valence-electron chi connectivity index (χ3n) is 2.74. The third kappa shape index (κ3) is 2.37. The molecular formula is C13H11FN2O4. The van der Waals surface area contributed by atoms with Crippen molar-refractivity contribution in [3.05, 3.63) is 46.6 Å². The summed E-state index contributed by atoms with van der Waals surface area (Å²) >= 11 is 0. The van der Waals surface area contributed by atoms with Gasteiger partial charge in [0, 0.05) is 0 Å². The van der Waals surface area contributed by atoms with Gasteiger partial charge in [-0.25, -0.2) is 9.18 Å². The number of aromatic carboxylic acids is 1. The molecule has 0 fully saturated rings. The van der Waals surface area contributed by atoms with E-state index in [1.165, 1.54) is 12.1 Å². The molecule has 0 saturated heterocycles. The Hall–Kier alpha value is -2.70. The summed E-state index contributed by atoms with van der Waals surface area (Å²) in [6, 6.07) is 3.63. The van der Waals surface area contributed by atoms with Crippen molar-refractivity contribution in [3.63, 3.8) is 0 Å². The number of nitrogens with zero attached hydrogens (tertiary/aromatic N) is 1. The molecule has 0 atom stereocenters. The normalized spacial score (nSPS) is 10.3. The first kappa shape index (κ1) is 13.7. The van der Waals surface area contributed by atoms with Crippen LogP contribution in [0.4, 0.5) is 10.1 Å². The largest absolute Gasteiger partial charge is 0.478 e. The fourth-order valence-electron chi connectivity index (χ4n) is 1.84. The number of hydrogen-bond donors (Lipinski definition) is 2. The zero-order chi connectivity index (χ0) is 14.9. The zero-order valence-corrected chi connectivity index (χ0v) is 10.7. The second kappa shape index (κ2) is 5.12. The van der Waals surface area contributed by atoms with E-state index in [4.69, 9.17) is 9.63 Å². The number of carbonyl (C=O) groups excluding carboxylic acids is 1. The van der Waals surface area contributed by atoms with Crippen LogP contribution in [0, 0.1) is 19.7 Å². The summed E-state index contributed by atoms with van der Waals surface area (Å²) < 4.78 is 18.3. The van der Waals surface area contributed by atoms with E-state index in [-0.39, 0.29) is 11.3 Å². The summed E-state index contributed by atoms with van der Waals surface area (Å²) in [6.07, 6.45) is 0. The van der Waals surface area contributed by atoms with Gasteiger partial charge in [-0.15, -0.1) is 0 Å². The van der Waals surface area contributed by atoms with E-state index in [1.54, 1.807) is 13.8 Å². The lowest BCUT2D eigenvalue weighted by Crippen LogP contribution is -2.17. The molecule has 2 N–H and O–H groups in total. The molecule has 1 aromatic heterocycles. The minimum Gasteiger partial charge on any atom is -0.478 e. The van der Waals surface area contributed by atoms with Gasteiger partial charge in [0.25, 0.3) is 5.91 Å². The van der Waals surface area contributed by atoms with Gasteiger partial charge in [-0.1, -0.05) is 11.2 Å². The first-order valence-corrected chi connectivity index (χ1v) is 5.68. The molecule has 0 aliphatic rings. The second-order valence-electron chi connectivity index (χ2n) is 4.12. The molecule has 6 nitrogen and oxygen atoms in total. The van der Waals surface area contributed by atoms with Gasteiger partial charge in [0.2, 0.25) is 0 Å². The van der Waals surface area contributed by atoms with Gasteiger partial charge in [0.1, 0.15) is 22.7 Å². The van der Waals surface area contributed by atoms with E-state index in [1.807, 2.05) is 0 Å². The van der Waals surface area contributed by atoms with Crippen LogP contribution >= 0.6 is 0 Å². The third-order valence-corrected chi connectivity index (χ3v) is 2.74. The number of anilines is 1. The molecule has 0 aliphatic heterocycles. The number of carboxylic acid groups (broad SMARTS) is 1. The van der Waals surface area contributed by atoms with Crippen LogP contribution in [0.1, 0.15) is 32.2 Å². The fraction of sp³-hybridized carbons (Fsp3) is 0.154. The van der Waals surface area contributed by atoms with Gasteiger partial charge in [0.05, 0.1) is 11.4 Å². The number of aryl methyl sites for hydroxylation is 2. The Labute approximate surface area is 113 Å². The smallest absolute Gasteiger partial charge is 0.340 e. The summed E-state index contributed by atoms with van der Waals surface area (Å²) in [5, 5.41) is 15.0. The Balaban J connectivity index is 2.39. The van der Waals surface area contributed by atoms with Crippen molar-refractivity contribution < 1.29 is 23.6 Å². The van der Waals surface area contributed by atoms with Crippen LogP contribution < -0.4 is 5.32 Å². The highest BCUT2D eigenvalue weighted by atomic mass is 19.1. The molecule has 1 heterocycles. The molecule has 2 aromatic rings. The maximum atomic E-state index is 13.5. The zero-order valence-electron chi connectivity index (χ0n) is 10.7.